The van der Waals surface area contributed by atoms with Gasteiger partial charge in [0, 0.05) is 25.2 Å². The lowest BCUT2D eigenvalue weighted by atomic mass is 10.0. The van der Waals surface area contributed by atoms with Crippen LogP contribution >= 0.6 is 0 Å². The molecule has 29 heavy (non-hydrogen) atoms. The summed E-state index contributed by atoms with van der Waals surface area (Å²) in [5.41, 5.74) is 0.910. The van der Waals surface area contributed by atoms with Crippen molar-refractivity contribution in [3.8, 4) is 0 Å². The number of benzene rings is 3. The number of nitrogens with zero attached hydrogens (tertiary/aromatic N) is 2. The molecule has 0 aliphatic carbocycles. The summed E-state index contributed by atoms with van der Waals surface area (Å²) >= 11 is 0. The quantitative estimate of drug-likeness (QED) is 0.483. The van der Waals surface area contributed by atoms with E-state index >= 15 is 0 Å². The normalized spacial score (nSPS) is 10.3. The Bertz CT molecular complexity index is 994. The SMILES string of the molecule is O=C(O)c1cc([N+](=O)[O-])ccc1C(=O)N(Cc1ccccc1)Cc1ccccc1. The van der Waals surface area contributed by atoms with Crippen LogP contribution in [0.1, 0.15) is 31.8 Å². The Hall–Kier alpha value is -4.00. The van der Waals surface area contributed by atoms with E-state index in [2.05, 4.69) is 0 Å². The third-order valence-corrected chi connectivity index (χ3v) is 4.39. The molecule has 146 valence electrons. The number of carboxylic acid groups (broad SMARTS) is 1. The third kappa shape index (κ3) is 4.84. The van der Waals surface area contributed by atoms with Gasteiger partial charge in [0.15, 0.2) is 0 Å². The zero-order chi connectivity index (χ0) is 20.8. The monoisotopic (exact) mass is 390 g/mol. The summed E-state index contributed by atoms with van der Waals surface area (Å²) in [5, 5.41) is 20.5. The number of carboxylic acids is 1. The van der Waals surface area contributed by atoms with E-state index in [1.165, 1.54) is 11.0 Å². The molecule has 3 rings (SSSR count). The molecule has 0 bridgehead atoms. The van der Waals surface area contributed by atoms with E-state index in [0.717, 1.165) is 23.3 Å². The molecule has 0 saturated carbocycles. The Morgan fingerprint density at radius 3 is 1.79 bits per heavy atom. The molecule has 1 N–H and O–H groups in total. The van der Waals surface area contributed by atoms with E-state index in [9.17, 15) is 24.8 Å². The van der Waals surface area contributed by atoms with Gasteiger partial charge in [-0.05, 0) is 17.2 Å². The second kappa shape index (κ2) is 8.79. The van der Waals surface area contributed by atoms with E-state index in [-0.39, 0.29) is 24.3 Å². The summed E-state index contributed by atoms with van der Waals surface area (Å²) in [6.07, 6.45) is 0. The van der Waals surface area contributed by atoms with Crippen LogP contribution in [0.4, 0.5) is 5.69 Å². The van der Waals surface area contributed by atoms with E-state index in [1.54, 1.807) is 0 Å². The molecule has 3 aromatic rings. The molecular weight excluding hydrogens is 372 g/mol. The Balaban J connectivity index is 1.99. The topological polar surface area (TPSA) is 101 Å². The second-order valence-corrected chi connectivity index (χ2v) is 6.42. The predicted molar refractivity (Wildman–Crippen MR) is 107 cm³/mol. The van der Waals surface area contributed by atoms with Crippen LogP contribution in [-0.2, 0) is 13.1 Å². The van der Waals surface area contributed by atoms with Crippen LogP contribution in [0.3, 0.4) is 0 Å². The Kier molecular flexibility index (Phi) is 5.99. The molecule has 0 atom stereocenters. The Morgan fingerprint density at radius 2 is 1.34 bits per heavy atom. The van der Waals surface area contributed by atoms with E-state index in [4.69, 9.17) is 0 Å². The molecule has 0 unspecified atom stereocenters. The van der Waals surface area contributed by atoms with Crippen molar-refractivity contribution in [2.45, 2.75) is 13.1 Å². The molecule has 7 nitrogen and oxygen atoms in total. The molecule has 0 aromatic heterocycles. The van der Waals surface area contributed by atoms with Crippen molar-refractivity contribution in [3.05, 3.63) is 111 Å². The number of carbonyl (C=O) groups excluding carboxylic acids is 1. The van der Waals surface area contributed by atoms with Gasteiger partial charge in [-0.3, -0.25) is 14.9 Å². The maximum absolute atomic E-state index is 13.3. The van der Waals surface area contributed by atoms with Gasteiger partial charge >= 0.3 is 5.97 Å². The minimum Gasteiger partial charge on any atom is -0.478 e. The van der Waals surface area contributed by atoms with Gasteiger partial charge in [-0.2, -0.15) is 0 Å². The average Bonchev–Trinajstić information content (AvgIpc) is 2.73. The number of amides is 1. The molecule has 0 aliphatic heterocycles. The van der Waals surface area contributed by atoms with Crippen LogP contribution in [0, 0.1) is 10.1 Å². The highest BCUT2D eigenvalue weighted by molar-refractivity contribution is 6.05. The minimum absolute atomic E-state index is 0.0880. The molecule has 0 radical (unpaired) electrons. The van der Waals surface area contributed by atoms with Gasteiger partial charge < -0.3 is 10.0 Å². The van der Waals surface area contributed by atoms with Gasteiger partial charge in [0.2, 0.25) is 0 Å². The maximum atomic E-state index is 13.3. The van der Waals surface area contributed by atoms with Gasteiger partial charge in [-0.1, -0.05) is 60.7 Å². The van der Waals surface area contributed by atoms with Crippen molar-refractivity contribution in [2.75, 3.05) is 0 Å². The summed E-state index contributed by atoms with van der Waals surface area (Å²) in [6.45, 7) is 0.537. The van der Waals surface area contributed by atoms with Gasteiger partial charge in [-0.25, -0.2) is 4.79 Å². The predicted octanol–water partition coefficient (Wildman–Crippen LogP) is 4.14. The molecule has 0 spiro atoms. The summed E-state index contributed by atoms with van der Waals surface area (Å²) in [4.78, 5) is 36.7. The van der Waals surface area contributed by atoms with E-state index in [0.29, 0.717) is 0 Å². The van der Waals surface area contributed by atoms with Crippen molar-refractivity contribution in [3.63, 3.8) is 0 Å². The standard InChI is InChI=1S/C22H18N2O5/c25-21(19-12-11-18(24(28)29)13-20(19)22(26)27)23(14-16-7-3-1-4-8-16)15-17-9-5-2-6-10-17/h1-13H,14-15H2,(H,26,27). The summed E-state index contributed by atoms with van der Waals surface area (Å²) in [7, 11) is 0. The largest absolute Gasteiger partial charge is 0.478 e. The molecule has 0 aliphatic rings. The first-order chi connectivity index (χ1) is 14.0. The fraction of sp³-hybridized carbons (Fsp3) is 0.0909. The number of rotatable bonds is 7. The van der Waals surface area contributed by atoms with Crippen LogP contribution in [0.5, 0.6) is 0 Å². The molecular formula is C22H18N2O5. The van der Waals surface area contributed by atoms with Gasteiger partial charge in [0.25, 0.3) is 11.6 Å². The number of nitro groups is 1. The lowest BCUT2D eigenvalue weighted by molar-refractivity contribution is -0.384. The third-order valence-electron chi connectivity index (χ3n) is 4.39. The van der Waals surface area contributed by atoms with E-state index in [1.807, 2.05) is 60.7 Å². The highest BCUT2D eigenvalue weighted by Gasteiger charge is 2.24. The maximum Gasteiger partial charge on any atom is 0.336 e. The van der Waals surface area contributed by atoms with Crippen molar-refractivity contribution < 1.29 is 19.6 Å². The number of non-ortho nitro benzene ring substituents is 1. The number of carbonyl (C=O) groups is 2. The fourth-order valence-corrected chi connectivity index (χ4v) is 2.99. The fourth-order valence-electron chi connectivity index (χ4n) is 2.99. The molecule has 7 heteroatoms. The number of hydrogen-bond donors (Lipinski definition) is 1. The average molecular weight is 390 g/mol. The van der Waals surface area contributed by atoms with Crippen molar-refractivity contribution in [1.29, 1.82) is 0 Å². The Labute approximate surface area is 167 Å². The van der Waals surface area contributed by atoms with Crippen LogP contribution in [0.15, 0.2) is 78.9 Å². The van der Waals surface area contributed by atoms with Crippen molar-refractivity contribution in [2.24, 2.45) is 0 Å². The lowest BCUT2D eigenvalue weighted by Crippen LogP contribution is -2.31. The first-order valence-electron chi connectivity index (χ1n) is 8.84. The zero-order valence-electron chi connectivity index (χ0n) is 15.4. The van der Waals surface area contributed by atoms with Crippen LogP contribution in [0.25, 0.3) is 0 Å². The number of aromatic carboxylic acids is 1. The summed E-state index contributed by atoms with van der Waals surface area (Å²) in [5.74, 6) is -1.90. The molecule has 0 heterocycles. The highest BCUT2D eigenvalue weighted by atomic mass is 16.6. The molecule has 0 fully saturated rings. The molecule has 0 saturated heterocycles. The van der Waals surface area contributed by atoms with Crippen molar-refractivity contribution in [1.82, 2.24) is 4.90 Å². The number of hydrogen-bond acceptors (Lipinski definition) is 4. The first kappa shape index (κ1) is 19.8. The second-order valence-electron chi connectivity index (χ2n) is 6.42. The summed E-state index contributed by atoms with van der Waals surface area (Å²) in [6, 6.07) is 21.9. The lowest BCUT2D eigenvalue weighted by Gasteiger charge is -2.24. The minimum atomic E-state index is -1.39. The Morgan fingerprint density at radius 1 is 0.828 bits per heavy atom. The van der Waals surface area contributed by atoms with Crippen LogP contribution in [-0.4, -0.2) is 26.8 Å². The molecule has 1 amide bonds. The van der Waals surface area contributed by atoms with Crippen molar-refractivity contribution >= 4 is 17.6 Å². The smallest absolute Gasteiger partial charge is 0.336 e. The zero-order valence-corrected chi connectivity index (χ0v) is 15.4. The van der Waals surface area contributed by atoms with Gasteiger partial charge in [0.05, 0.1) is 16.1 Å². The number of nitro benzene ring substituents is 1. The first-order valence-corrected chi connectivity index (χ1v) is 8.84. The van der Waals surface area contributed by atoms with Crippen LogP contribution in [0.2, 0.25) is 0 Å². The highest BCUT2D eigenvalue weighted by Crippen LogP contribution is 2.22. The van der Waals surface area contributed by atoms with Gasteiger partial charge in [0.1, 0.15) is 0 Å². The molecule has 3 aromatic carbocycles. The summed E-state index contributed by atoms with van der Waals surface area (Å²) < 4.78 is 0. The van der Waals surface area contributed by atoms with Crippen LogP contribution < -0.4 is 0 Å². The van der Waals surface area contributed by atoms with Gasteiger partial charge in [-0.15, -0.1) is 0 Å². The van der Waals surface area contributed by atoms with E-state index < -0.39 is 22.4 Å².